The molecule has 0 radical (unpaired) electrons. The molecule has 4 aromatic rings. The fraction of sp³-hybridized carbons (Fsp3) is 0.143. The Hall–Kier alpha value is -3.08. The van der Waals surface area contributed by atoms with E-state index in [2.05, 4.69) is 9.97 Å². The van der Waals surface area contributed by atoms with Crippen molar-refractivity contribution in [3.05, 3.63) is 65.4 Å². The van der Waals surface area contributed by atoms with E-state index in [0.29, 0.717) is 39.7 Å². The van der Waals surface area contributed by atoms with Crippen LogP contribution in [0.3, 0.4) is 0 Å². The number of hydrogen-bond acceptors (Lipinski definition) is 2. The third-order valence-corrected chi connectivity index (χ3v) is 4.73. The molecule has 0 unspecified atom stereocenters. The highest BCUT2D eigenvalue weighted by atomic mass is 19.2. The molecule has 0 aliphatic carbocycles. The van der Waals surface area contributed by atoms with Gasteiger partial charge in [-0.3, -0.25) is 4.79 Å². The monoisotopic (exact) mass is 350 g/mol. The first-order valence-electron chi connectivity index (χ1n) is 8.40. The maximum absolute atomic E-state index is 13.9. The highest BCUT2D eigenvalue weighted by molar-refractivity contribution is 6.08. The van der Waals surface area contributed by atoms with E-state index in [1.54, 1.807) is 24.4 Å². The number of H-pyrrole nitrogens is 1. The van der Waals surface area contributed by atoms with E-state index >= 15 is 0 Å². The Morgan fingerprint density at radius 2 is 1.96 bits per heavy atom. The number of aromatic amines is 1. The van der Waals surface area contributed by atoms with Gasteiger partial charge in [0.1, 0.15) is 0 Å². The number of Topliss-reactive ketones (excluding diaryl/α,β-unsaturated/α-hetero) is 1. The molecule has 5 heteroatoms. The normalized spacial score (nSPS) is 11.4. The number of carbonyl (C=O) groups excluding carboxylic acids is 1. The number of benzene rings is 2. The van der Waals surface area contributed by atoms with Gasteiger partial charge >= 0.3 is 0 Å². The summed E-state index contributed by atoms with van der Waals surface area (Å²) in [6, 6.07) is 10.3. The minimum absolute atomic E-state index is 0.0606. The lowest BCUT2D eigenvalue weighted by molar-refractivity contribution is 0.0989. The van der Waals surface area contributed by atoms with Gasteiger partial charge < -0.3 is 4.98 Å². The second-order valence-corrected chi connectivity index (χ2v) is 6.27. The van der Waals surface area contributed by atoms with Crippen LogP contribution < -0.4 is 0 Å². The van der Waals surface area contributed by atoms with Gasteiger partial charge in [-0.1, -0.05) is 19.1 Å². The number of pyridine rings is 1. The maximum Gasteiger partial charge on any atom is 0.163 e. The van der Waals surface area contributed by atoms with Gasteiger partial charge in [-0.2, -0.15) is 0 Å². The smallest absolute Gasteiger partial charge is 0.163 e. The van der Waals surface area contributed by atoms with Crippen LogP contribution in [-0.4, -0.2) is 15.8 Å². The van der Waals surface area contributed by atoms with E-state index in [-0.39, 0.29) is 11.3 Å². The van der Waals surface area contributed by atoms with Crippen LogP contribution >= 0.6 is 0 Å². The zero-order chi connectivity index (χ0) is 18.4. The summed E-state index contributed by atoms with van der Waals surface area (Å²) in [7, 11) is 0. The summed E-state index contributed by atoms with van der Waals surface area (Å²) >= 11 is 0. The van der Waals surface area contributed by atoms with Crippen molar-refractivity contribution in [1.29, 1.82) is 0 Å². The number of aromatic nitrogens is 2. The fourth-order valence-corrected chi connectivity index (χ4v) is 3.32. The Labute approximate surface area is 148 Å². The molecule has 130 valence electrons. The second kappa shape index (κ2) is 6.02. The molecule has 1 N–H and O–H groups in total. The number of nitrogens with one attached hydrogen (secondary N) is 1. The van der Waals surface area contributed by atoms with E-state index < -0.39 is 11.6 Å². The molecule has 0 bridgehead atoms. The third-order valence-electron chi connectivity index (χ3n) is 4.73. The van der Waals surface area contributed by atoms with E-state index in [9.17, 15) is 13.6 Å². The molecule has 0 atom stereocenters. The molecule has 0 spiro atoms. The van der Waals surface area contributed by atoms with E-state index in [0.717, 1.165) is 5.39 Å². The van der Waals surface area contributed by atoms with Crippen molar-refractivity contribution in [2.75, 3.05) is 0 Å². The highest BCUT2D eigenvalue weighted by Crippen LogP contribution is 2.32. The fourth-order valence-electron chi connectivity index (χ4n) is 3.32. The number of ketones is 1. The number of carbonyl (C=O) groups is 1. The number of hydrogen-bond donors (Lipinski definition) is 1. The summed E-state index contributed by atoms with van der Waals surface area (Å²) in [4.78, 5) is 19.8. The molecule has 2 heterocycles. The van der Waals surface area contributed by atoms with E-state index in [1.807, 2.05) is 19.1 Å². The molecule has 0 aliphatic rings. The number of nitrogens with zero attached hydrogens (tertiary/aromatic N) is 1. The maximum atomic E-state index is 13.9. The Morgan fingerprint density at radius 1 is 1.15 bits per heavy atom. The largest absolute Gasteiger partial charge is 0.360 e. The highest BCUT2D eigenvalue weighted by Gasteiger charge is 2.16. The summed E-state index contributed by atoms with van der Waals surface area (Å²) in [5.74, 6) is -1.67. The molecule has 2 aromatic heterocycles. The molecule has 0 saturated carbocycles. The molecule has 2 aromatic carbocycles. The number of aryl methyl sites for hydroxylation is 1. The summed E-state index contributed by atoms with van der Waals surface area (Å²) in [5.41, 5.74) is 3.45. The zero-order valence-electron chi connectivity index (χ0n) is 14.4. The first-order valence-corrected chi connectivity index (χ1v) is 8.40. The van der Waals surface area contributed by atoms with Gasteiger partial charge in [0.25, 0.3) is 0 Å². The molecule has 0 saturated heterocycles. The van der Waals surface area contributed by atoms with E-state index in [1.165, 1.54) is 13.0 Å². The minimum atomic E-state index is -0.882. The number of halogens is 2. The topological polar surface area (TPSA) is 45.8 Å². The van der Waals surface area contributed by atoms with Crippen molar-refractivity contribution in [3.63, 3.8) is 0 Å². The first kappa shape index (κ1) is 16.4. The van der Waals surface area contributed by atoms with E-state index in [4.69, 9.17) is 0 Å². The van der Waals surface area contributed by atoms with Gasteiger partial charge in [0.2, 0.25) is 0 Å². The molecule has 0 fully saturated rings. The molecule has 0 amide bonds. The lowest BCUT2D eigenvalue weighted by Gasteiger charge is -2.07. The predicted molar refractivity (Wildman–Crippen MR) is 98.3 cm³/mol. The van der Waals surface area contributed by atoms with Gasteiger partial charge in [0, 0.05) is 40.1 Å². The third kappa shape index (κ3) is 2.39. The average Bonchev–Trinajstić information content (AvgIpc) is 3.08. The van der Waals surface area contributed by atoms with Crippen molar-refractivity contribution < 1.29 is 13.6 Å². The van der Waals surface area contributed by atoms with Gasteiger partial charge in [-0.25, -0.2) is 13.8 Å². The summed E-state index contributed by atoms with van der Waals surface area (Å²) in [6.45, 7) is 3.36. The lowest BCUT2D eigenvalue weighted by atomic mass is 10.0. The summed E-state index contributed by atoms with van der Waals surface area (Å²) in [5, 5.41) is 1.37. The summed E-state index contributed by atoms with van der Waals surface area (Å²) in [6.07, 6.45) is 2.12. The first-order chi connectivity index (χ1) is 12.5. The van der Waals surface area contributed by atoms with Gasteiger partial charge in [0.15, 0.2) is 17.4 Å². The van der Waals surface area contributed by atoms with Crippen molar-refractivity contribution in [1.82, 2.24) is 9.97 Å². The van der Waals surface area contributed by atoms with Gasteiger partial charge in [-0.05, 0) is 31.2 Å². The van der Waals surface area contributed by atoms with Crippen LogP contribution in [0, 0.1) is 18.6 Å². The molecular formula is C21H16F2N2O. The second-order valence-electron chi connectivity index (χ2n) is 6.27. The number of rotatable bonds is 3. The van der Waals surface area contributed by atoms with Crippen LogP contribution in [0.1, 0.15) is 29.3 Å². The average molecular weight is 350 g/mol. The van der Waals surface area contributed by atoms with Crippen LogP contribution in [0.5, 0.6) is 0 Å². The quantitative estimate of drug-likeness (QED) is 0.492. The Balaban J connectivity index is 1.93. The predicted octanol–water partition coefficient (Wildman–Crippen LogP) is 5.56. The Kier molecular flexibility index (Phi) is 3.80. The van der Waals surface area contributed by atoms with Crippen LogP contribution in [0.15, 0.2) is 42.6 Å². The molecule has 3 nitrogen and oxygen atoms in total. The summed E-state index contributed by atoms with van der Waals surface area (Å²) < 4.78 is 27.7. The van der Waals surface area contributed by atoms with Crippen molar-refractivity contribution in [2.45, 2.75) is 20.3 Å². The van der Waals surface area contributed by atoms with Crippen molar-refractivity contribution in [3.8, 4) is 11.3 Å². The van der Waals surface area contributed by atoms with Gasteiger partial charge in [-0.15, -0.1) is 0 Å². The minimum Gasteiger partial charge on any atom is -0.360 e. The van der Waals surface area contributed by atoms with Crippen LogP contribution in [-0.2, 0) is 0 Å². The van der Waals surface area contributed by atoms with Gasteiger partial charge in [0.05, 0.1) is 16.7 Å². The Morgan fingerprint density at radius 3 is 2.73 bits per heavy atom. The van der Waals surface area contributed by atoms with Crippen molar-refractivity contribution >= 4 is 27.6 Å². The standard InChI is InChI=1S/C21H16F2N2O/c1-3-19(26)13-5-4-6-17-12(13)7-8-18(25-17)15-10-24-21-11(2)20(23)16(22)9-14(15)21/h4-10,24H,3H2,1-2H3. The molecule has 0 aliphatic heterocycles. The van der Waals surface area contributed by atoms with Crippen molar-refractivity contribution in [2.24, 2.45) is 0 Å². The van der Waals surface area contributed by atoms with Crippen LogP contribution in [0.2, 0.25) is 0 Å². The SMILES string of the molecule is CCC(=O)c1cccc2nc(-c3c[nH]c4c(C)c(F)c(F)cc34)ccc12. The Bertz CT molecular complexity index is 1180. The molecular weight excluding hydrogens is 334 g/mol. The van der Waals surface area contributed by atoms with Crippen LogP contribution in [0.4, 0.5) is 8.78 Å². The molecule has 26 heavy (non-hydrogen) atoms. The zero-order valence-corrected chi connectivity index (χ0v) is 14.4. The van der Waals surface area contributed by atoms with Crippen LogP contribution in [0.25, 0.3) is 33.1 Å². The molecule has 4 rings (SSSR count). The lowest BCUT2D eigenvalue weighted by Crippen LogP contribution is -1.98. The number of fused-ring (bicyclic) bond motifs is 2.